The Labute approximate surface area is 340 Å². The molecule has 12 heteroatoms. The van der Waals surface area contributed by atoms with Crippen LogP contribution in [0.1, 0.15) is 206 Å². The highest BCUT2D eigenvalue weighted by molar-refractivity contribution is 7.47. The molecule has 0 heterocycles. The number of carboxylic acid groups (broad SMARTS) is 1. The summed E-state index contributed by atoms with van der Waals surface area (Å²) in [6.45, 7) is 2.76. The number of ether oxygens (including phenoxy) is 2. The van der Waals surface area contributed by atoms with Gasteiger partial charge in [0.2, 0.25) is 0 Å². The number of esters is 2. The van der Waals surface area contributed by atoms with Crippen LogP contribution in [0.5, 0.6) is 0 Å². The lowest BCUT2D eigenvalue weighted by atomic mass is 10.1. The Morgan fingerprint density at radius 3 is 1.36 bits per heavy atom. The number of allylic oxidation sites excluding steroid dienone is 4. The van der Waals surface area contributed by atoms with Crippen molar-refractivity contribution in [2.24, 2.45) is 5.73 Å². The van der Waals surface area contributed by atoms with Gasteiger partial charge in [0.15, 0.2) is 6.10 Å². The Morgan fingerprint density at radius 2 is 0.911 bits per heavy atom. The van der Waals surface area contributed by atoms with Gasteiger partial charge in [-0.05, 0) is 57.8 Å². The van der Waals surface area contributed by atoms with Crippen molar-refractivity contribution in [2.75, 3.05) is 19.8 Å². The van der Waals surface area contributed by atoms with E-state index in [2.05, 4.69) is 42.7 Å². The van der Waals surface area contributed by atoms with Crippen molar-refractivity contribution in [3.8, 4) is 0 Å². The van der Waals surface area contributed by atoms with Crippen molar-refractivity contribution in [3.63, 3.8) is 0 Å². The fourth-order valence-corrected chi connectivity index (χ4v) is 6.88. The van der Waals surface area contributed by atoms with E-state index in [4.69, 9.17) is 24.8 Å². The molecule has 0 amide bonds. The number of carboxylic acids is 1. The molecule has 56 heavy (non-hydrogen) atoms. The molecule has 0 aromatic rings. The van der Waals surface area contributed by atoms with E-state index in [1.165, 1.54) is 109 Å². The maximum absolute atomic E-state index is 12.6. The van der Waals surface area contributed by atoms with Crippen molar-refractivity contribution in [1.82, 2.24) is 0 Å². The fraction of sp³-hybridized carbons (Fsp3) is 0.841. The first-order valence-electron chi connectivity index (χ1n) is 22.4. The predicted octanol–water partition coefficient (Wildman–Crippen LogP) is 11.8. The van der Waals surface area contributed by atoms with E-state index >= 15 is 0 Å². The summed E-state index contributed by atoms with van der Waals surface area (Å²) in [4.78, 5) is 45.9. The van der Waals surface area contributed by atoms with Crippen LogP contribution >= 0.6 is 7.82 Å². The number of phosphoric acid groups is 1. The minimum atomic E-state index is -4.71. The van der Waals surface area contributed by atoms with Gasteiger partial charge < -0.3 is 25.2 Å². The molecule has 0 aliphatic carbocycles. The molecule has 4 N–H and O–H groups in total. The van der Waals surface area contributed by atoms with Crippen molar-refractivity contribution < 1.29 is 47.5 Å². The number of rotatable bonds is 42. The molecule has 0 bridgehead atoms. The van der Waals surface area contributed by atoms with Gasteiger partial charge in [0, 0.05) is 12.8 Å². The molecule has 0 aromatic carbocycles. The second-order valence-corrected chi connectivity index (χ2v) is 16.6. The lowest BCUT2D eigenvalue weighted by Crippen LogP contribution is -2.34. The Kier molecular flexibility index (Phi) is 38.3. The minimum Gasteiger partial charge on any atom is -0.480 e. The van der Waals surface area contributed by atoms with Crippen LogP contribution in [0.25, 0.3) is 0 Å². The molecular formula is C44H82NO10P. The summed E-state index contributed by atoms with van der Waals surface area (Å²) in [5, 5.41) is 8.88. The van der Waals surface area contributed by atoms with Crippen molar-refractivity contribution >= 4 is 25.7 Å². The van der Waals surface area contributed by atoms with E-state index in [-0.39, 0.29) is 19.4 Å². The SMILES string of the molecule is CCCC/C=C\CCCCCCCC(=O)OCC(COP(=O)(O)OCC(N)C(=O)O)OC(=O)CCCCCCCCCCC/C=C\CCCCCCCCCC. The average Bonchev–Trinajstić information content (AvgIpc) is 3.17. The molecular weight excluding hydrogens is 733 g/mol. The summed E-state index contributed by atoms with van der Waals surface area (Å²) in [7, 11) is -4.71. The monoisotopic (exact) mass is 816 g/mol. The Balaban J connectivity index is 4.27. The summed E-state index contributed by atoms with van der Waals surface area (Å²) < 4.78 is 32.7. The summed E-state index contributed by atoms with van der Waals surface area (Å²) in [5.41, 5.74) is 5.33. The number of nitrogens with two attached hydrogens (primary N) is 1. The third-order valence-corrected chi connectivity index (χ3v) is 10.6. The number of carbonyl (C=O) groups excluding carboxylic acids is 2. The highest BCUT2D eigenvalue weighted by Gasteiger charge is 2.28. The number of hydrogen-bond acceptors (Lipinski definition) is 9. The molecule has 0 aromatic heterocycles. The highest BCUT2D eigenvalue weighted by Crippen LogP contribution is 2.43. The van der Waals surface area contributed by atoms with Crippen LogP contribution in [-0.2, 0) is 37.5 Å². The number of aliphatic carboxylic acids is 1. The van der Waals surface area contributed by atoms with Crippen LogP contribution < -0.4 is 5.73 Å². The molecule has 328 valence electrons. The first kappa shape index (κ1) is 54.0. The maximum Gasteiger partial charge on any atom is 0.472 e. The third-order valence-electron chi connectivity index (χ3n) is 9.67. The highest BCUT2D eigenvalue weighted by atomic mass is 31.2. The zero-order valence-electron chi connectivity index (χ0n) is 35.5. The van der Waals surface area contributed by atoms with Gasteiger partial charge in [0.25, 0.3) is 0 Å². The molecule has 0 spiro atoms. The molecule has 11 nitrogen and oxygen atoms in total. The Morgan fingerprint density at radius 1 is 0.536 bits per heavy atom. The standard InChI is InChI=1S/C44H82NO10P/c1-3-5-7-9-11-13-15-16-17-18-19-20-21-22-23-24-26-28-30-32-34-36-43(47)55-40(38-53-56(50,51)54-39-41(45)44(48)49)37-52-42(46)35-33-31-29-27-25-14-12-10-8-6-4-2/h10,12,18-19,40-41H,3-9,11,13-17,20-39,45H2,1-2H3,(H,48,49)(H,50,51)/b12-10-,19-18-. The van der Waals surface area contributed by atoms with E-state index in [1.807, 2.05) is 0 Å². The summed E-state index contributed by atoms with van der Waals surface area (Å²) >= 11 is 0. The number of carbonyl (C=O) groups is 3. The normalized spacial score (nSPS) is 13.9. The molecule has 0 rings (SSSR count). The van der Waals surface area contributed by atoms with Gasteiger partial charge in [-0.2, -0.15) is 0 Å². The summed E-state index contributed by atoms with van der Waals surface area (Å²) in [6.07, 6.45) is 41.1. The number of unbranched alkanes of at least 4 members (excludes halogenated alkanes) is 24. The topological polar surface area (TPSA) is 172 Å². The maximum atomic E-state index is 12.6. The zero-order valence-corrected chi connectivity index (χ0v) is 36.4. The number of phosphoric ester groups is 1. The largest absolute Gasteiger partial charge is 0.480 e. The van der Waals surface area contributed by atoms with Gasteiger partial charge in [0.05, 0.1) is 13.2 Å². The molecule has 0 saturated heterocycles. The Hall–Kier alpha value is -2.04. The van der Waals surface area contributed by atoms with E-state index in [0.717, 1.165) is 57.8 Å². The number of hydrogen-bond donors (Lipinski definition) is 3. The Bertz CT molecular complexity index is 1050. The van der Waals surface area contributed by atoms with Crippen LogP contribution in [0.15, 0.2) is 24.3 Å². The zero-order chi connectivity index (χ0) is 41.4. The summed E-state index contributed by atoms with van der Waals surface area (Å²) in [5.74, 6) is -2.39. The second kappa shape index (κ2) is 39.8. The van der Waals surface area contributed by atoms with Gasteiger partial charge in [0.1, 0.15) is 12.6 Å². The molecule has 0 fully saturated rings. The molecule has 0 saturated carbocycles. The lowest BCUT2D eigenvalue weighted by molar-refractivity contribution is -0.161. The third kappa shape index (κ3) is 38.8. The average molecular weight is 816 g/mol. The molecule has 3 atom stereocenters. The summed E-state index contributed by atoms with van der Waals surface area (Å²) in [6, 6.07) is -1.52. The molecule has 3 unspecified atom stereocenters. The smallest absolute Gasteiger partial charge is 0.472 e. The van der Waals surface area contributed by atoms with E-state index in [0.29, 0.717) is 12.8 Å². The van der Waals surface area contributed by atoms with Crippen molar-refractivity contribution in [3.05, 3.63) is 24.3 Å². The lowest BCUT2D eigenvalue weighted by Gasteiger charge is -2.20. The van der Waals surface area contributed by atoms with Crippen molar-refractivity contribution in [1.29, 1.82) is 0 Å². The first-order valence-corrected chi connectivity index (χ1v) is 23.9. The van der Waals surface area contributed by atoms with Crippen LogP contribution in [0, 0.1) is 0 Å². The van der Waals surface area contributed by atoms with Crippen LogP contribution in [0.3, 0.4) is 0 Å². The van der Waals surface area contributed by atoms with E-state index in [1.54, 1.807) is 0 Å². The minimum absolute atomic E-state index is 0.159. The van der Waals surface area contributed by atoms with E-state index < -0.39 is 51.1 Å². The van der Waals surface area contributed by atoms with Gasteiger partial charge in [-0.1, -0.05) is 160 Å². The molecule has 0 radical (unpaired) electrons. The first-order chi connectivity index (χ1) is 27.1. The van der Waals surface area contributed by atoms with Gasteiger partial charge >= 0.3 is 25.7 Å². The van der Waals surface area contributed by atoms with Gasteiger partial charge in [-0.25, -0.2) is 4.57 Å². The fourth-order valence-electron chi connectivity index (χ4n) is 6.10. The van der Waals surface area contributed by atoms with Crippen LogP contribution in [0.4, 0.5) is 0 Å². The van der Waals surface area contributed by atoms with Crippen molar-refractivity contribution in [2.45, 2.75) is 219 Å². The van der Waals surface area contributed by atoms with E-state index in [9.17, 15) is 23.8 Å². The second-order valence-electron chi connectivity index (χ2n) is 15.2. The quantitative estimate of drug-likeness (QED) is 0.0232. The molecule has 0 aliphatic heterocycles. The van der Waals surface area contributed by atoms with Gasteiger partial charge in [-0.3, -0.25) is 23.4 Å². The van der Waals surface area contributed by atoms with Crippen LogP contribution in [-0.4, -0.2) is 59.9 Å². The van der Waals surface area contributed by atoms with Gasteiger partial charge in [-0.15, -0.1) is 0 Å². The molecule has 0 aliphatic rings. The van der Waals surface area contributed by atoms with Crippen LogP contribution in [0.2, 0.25) is 0 Å². The predicted molar refractivity (Wildman–Crippen MR) is 226 cm³/mol.